The first-order valence-corrected chi connectivity index (χ1v) is 9.02. The lowest BCUT2D eigenvalue weighted by atomic mass is 10.2. The third-order valence-corrected chi connectivity index (χ3v) is 5.48. The molecule has 0 radical (unpaired) electrons. The van der Waals surface area contributed by atoms with Crippen molar-refractivity contribution in [1.82, 2.24) is 14.8 Å². The van der Waals surface area contributed by atoms with Crippen LogP contribution in [0.25, 0.3) is 11.6 Å². The van der Waals surface area contributed by atoms with Gasteiger partial charge in [-0.25, -0.2) is 0 Å². The molecule has 3 heterocycles. The van der Waals surface area contributed by atoms with Crippen molar-refractivity contribution >= 4 is 23.4 Å². The molecular formula is C18H18N4O2S. The first-order chi connectivity index (χ1) is 12.1. The Morgan fingerprint density at radius 3 is 2.88 bits per heavy atom. The fourth-order valence-electron chi connectivity index (χ4n) is 3.03. The summed E-state index contributed by atoms with van der Waals surface area (Å²) in [6, 6.07) is 11.7. The number of furan rings is 1. The summed E-state index contributed by atoms with van der Waals surface area (Å²) < 4.78 is 7.23. The van der Waals surface area contributed by atoms with Gasteiger partial charge in [0.05, 0.1) is 11.5 Å². The summed E-state index contributed by atoms with van der Waals surface area (Å²) >= 11 is 1.41. The van der Waals surface area contributed by atoms with Crippen LogP contribution < -0.4 is 4.90 Å². The summed E-state index contributed by atoms with van der Waals surface area (Å²) in [5, 5.41) is 8.83. The zero-order chi connectivity index (χ0) is 17.4. The second-order valence-electron chi connectivity index (χ2n) is 5.97. The fraction of sp³-hybridized carbons (Fsp3) is 0.278. The van der Waals surface area contributed by atoms with Gasteiger partial charge in [0.1, 0.15) is 0 Å². The van der Waals surface area contributed by atoms with Crippen LogP contribution in [0.3, 0.4) is 0 Å². The monoisotopic (exact) mass is 354 g/mol. The highest BCUT2D eigenvalue weighted by atomic mass is 32.2. The summed E-state index contributed by atoms with van der Waals surface area (Å²) in [7, 11) is 1.88. The number of para-hydroxylation sites is 1. The van der Waals surface area contributed by atoms with E-state index in [4.69, 9.17) is 4.42 Å². The van der Waals surface area contributed by atoms with E-state index in [2.05, 4.69) is 16.3 Å². The molecule has 1 aliphatic heterocycles. The van der Waals surface area contributed by atoms with Crippen molar-refractivity contribution in [1.29, 1.82) is 0 Å². The van der Waals surface area contributed by atoms with Crippen LogP contribution in [0.2, 0.25) is 0 Å². The standard InChI is InChI=1S/C18H18N4O2S/c1-12(17(23)22-10-9-13-6-3-4-7-14(13)22)25-18-20-19-16(21(18)2)15-8-5-11-24-15/h3-8,11-12H,9-10H2,1-2H3. The Hall–Kier alpha value is -2.54. The maximum absolute atomic E-state index is 12.9. The first kappa shape index (κ1) is 16.0. The second-order valence-corrected chi connectivity index (χ2v) is 7.28. The van der Waals surface area contributed by atoms with E-state index in [0.29, 0.717) is 16.7 Å². The minimum absolute atomic E-state index is 0.0949. The van der Waals surface area contributed by atoms with Gasteiger partial charge in [-0.15, -0.1) is 10.2 Å². The van der Waals surface area contributed by atoms with Gasteiger partial charge in [-0.3, -0.25) is 4.79 Å². The molecule has 2 aromatic heterocycles. The van der Waals surface area contributed by atoms with Crippen LogP contribution in [0.5, 0.6) is 0 Å². The van der Waals surface area contributed by atoms with Crippen molar-refractivity contribution in [2.75, 3.05) is 11.4 Å². The molecule has 6 nitrogen and oxygen atoms in total. The molecule has 0 saturated heterocycles. The lowest BCUT2D eigenvalue weighted by Gasteiger charge is -2.21. The van der Waals surface area contributed by atoms with Crippen molar-refractivity contribution in [2.24, 2.45) is 7.05 Å². The largest absolute Gasteiger partial charge is 0.461 e. The SMILES string of the molecule is CC(Sc1nnc(-c2ccco2)n1C)C(=O)N1CCc2ccccc21. The highest BCUT2D eigenvalue weighted by Gasteiger charge is 2.29. The molecule has 1 aliphatic rings. The Kier molecular flexibility index (Phi) is 4.09. The van der Waals surface area contributed by atoms with Crippen LogP contribution in [-0.4, -0.2) is 32.5 Å². The number of thioether (sulfide) groups is 1. The van der Waals surface area contributed by atoms with Crippen LogP contribution in [0.1, 0.15) is 12.5 Å². The fourth-order valence-corrected chi connectivity index (χ4v) is 3.91. The Labute approximate surface area is 149 Å². The van der Waals surface area contributed by atoms with Gasteiger partial charge in [-0.1, -0.05) is 30.0 Å². The molecule has 1 aromatic carbocycles. The van der Waals surface area contributed by atoms with Gasteiger partial charge < -0.3 is 13.9 Å². The predicted molar refractivity (Wildman–Crippen MR) is 96.5 cm³/mol. The highest BCUT2D eigenvalue weighted by Crippen LogP contribution is 2.32. The number of hydrogen-bond acceptors (Lipinski definition) is 5. The van der Waals surface area contributed by atoms with Crippen LogP contribution in [0.4, 0.5) is 5.69 Å². The summed E-state index contributed by atoms with van der Waals surface area (Å²) in [6.07, 6.45) is 2.51. The van der Waals surface area contributed by atoms with Gasteiger partial charge in [-0.05, 0) is 37.1 Å². The summed E-state index contributed by atoms with van der Waals surface area (Å²) in [6.45, 7) is 2.65. The Morgan fingerprint density at radius 2 is 2.08 bits per heavy atom. The molecule has 3 aromatic rings. The van der Waals surface area contributed by atoms with Gasteiger partial charge in [0.15, 0.2) is 16.7 Å². The molecule has 25 heavy (non-hydrogen) atoms. The van der Waals surface area contributed by atoms with E-state index < -0.39 is 0 Å². The van der Waals surface area contributed by atoms with Gasteiger partial charge in [-0.2, -0.15) is 0 Å². The van der Waals surface area contributed by atoms with E-state index in [-0.39, 0.29) is 11.2 Å². The number of carbonyl (C=O) groups is 1. The van der Waals surface area contributed by atoms with Gasteiger partial charge >= 0.3 is 0 Å². The van der Waals surface area contributed by atoms with Crippen molar-refractivity contribution in [3.63, 3.8) is 0 Å². The summed E-state index contributed by atoms with van der Waals surface area (Å²) in [5.41, 5.74) is 2.25. The Balaban J connectivity index is 1.51. The van der Waals surface area contributed by atoms with Crippen molar-refractivity contribution in [2.45, 2.75) is 23.8 Å². The molecule has 0 bridgehead atoms. The van der Waals surface area contributed by atoms with E-state index >= 15 is 0 Å². The number of anilines is 1. The lowest BCUT2D eigenvalue weighted by Crippen LogP contribution is -2.35. The van der Waals surface area contributed by atoms with Gasteiger partial charge in [0.25, 0.3) is 0 Å². The maximum Gasteiger partial charge on any atom is 0.240 e. The predicted octanol–water partition coefficient (Wildman–Crippen LogP) is 3.15. The van der Waals surface area contributed by atoms with E-state index in [1.807, 2.05) is 53.8 Å². The van der Waals surface area contributed by atoms with Crippen LogP contribution >= 0.6 is 11.8 Å². The Bertz CT molecular complexity index is 904. The van der Waals surface area contributed by atoms with Crippen LogP contribution in [-0.2, 0) is 18.3 Å². The van der Waals surface area contributed by atoms with Gasteiger partial charge in [0, 0.05) is 19.3 Å². The summed E-state index contributed by atoms with van der Waals surface area (Å²) in [5.74, 6) is 1.41. The lowest BCUT2D eigenvalue weighted by molar-refractivity contribution is -0.117. The minimum Gasteiger partial charge on any atom is -0.461 e. The number of carbonyl (C=O) groups excluding carboxylic acids is 1. The molecular weight excluding hydrogens is 336 g/mol. The van der Waals surface area contributed by atoms with E-state index in [0.717, 1.165) is 18.7 Å². The molecule has 1 atom stereocenters. The molecule has 1 amide bonds. The molecule has 0 N–H and O–H groups in total. The summed E-state index contributed by atoms with van der Waals surface area (Å²) in [4.78, 5) is 14.8. The van der Waals surface area contributed by atoms with E-state index in [1.54, 1.807) is 6.26 Å². The first-order valence-electron chi connectivity index (χ1n) is 8.14. The zero-order valence-electron chi connectivity index (χ0n) is 14.0. The van der Waals surface area contributed by atoms with Crippen LogP contribution in [0, 0.1) is 0 Å². The molecule has 7 heteroatoms. The number of amides is 1. The molecule has 0 saturated carbocycles. The van der Waals surface area contributed by atoms with Crippen molar-refractivity contribution in [3.8, 4) is 11.6 Å². The normalized spacial score (nSPS) is 14.6. The molecule has 0 aliphatic carbocycles. The average molecular weight is 354 g/mol. The third-order valence-electron chi connectivity index (χ3n) is 4.36. The number of aromatic nitrogens is 3. The smallest absolute Gasteiger partial charge is 0.240 e. The highest BCUT2D eigenvalue weighted by molar-refractivity contribution is 8.00. The number of nitrogens with zero attached hydrogens (tertiary/aromatic N) is 4. The van der Waals surface area contributed by atoms with Crippen molar-refractivity contribution in [3.05, 3.63) is 48.2 Å². The molecule has 0 fully saturated rings. The third kappa shape index (κ3) is 2.84. The zero-order valence-corrected chi connectivity index (χ0v) is 14.9. The maximum atomic E-state index is 12.9. The molecule has 1 unspecified atom stereocenters. The van der Waals surface area contributed by atoms with E-state index in [9.17, 15) is 4.79 Å². The minimum atomic E-state index is -0.251. The van der Waals surface area contributed by atoms with E-state index in [1.165, 1.54) is 17.3 Å². The average Bonchev–Trinajstić information content (AvgIpc) is 3.35. The van der Waals surface area contributed by atoms with Crippen molar-refractivity contribution < 1.29 is 9.21 Å². The molecule has 4 rings (SSSR count). The number of hydrogen-bond donors (Lipinski definition) is 0. The number of benzene rings is 1. The Morgan fingerprint density at radius 1 is 1.24 bits per heavy atom. The number of rotatable bonds is 4. The number of fused-ring (bicyclic) bond motifs is 1. The quantitative estimate of drug-likeness (QED) is 0.674. The van der Waals surface area contributed by atoms with Gasteiger partial charge in [0.2, 0.25) is 5.91 Å². The molecule has 0 spiro atoms. The molecule has 128 valence electrons. The van der Waals surface area contributed by atoms with Crippen LogP contribution in [0.15, 0.2) is 52.2 Å². The topological polar surface area (TPSA) is 64.2 Å². The second kappa shape index (κ2) is 6.40.